The van der Waals surface area contributed by atoms with Gasteiger partial charge < -0.3 is 10.1 Å². The Kier molecular flexibility index (Phi) is 6.88. The summed E-state index contributed by atoms with van der Waals surface area (Å²) in [6.45, 7) is 1.47. The van der Waals surface area contributed by atoms with Gasteiger partial charge in [0.25, 0.3) is 0 Å². The van der Waals surface area contributed by atoms with E-state index in [1.165, 1.54) is 25.3 Å². The third-order valence-electron chi connectivity index (χ3n) is 3.57. The molecule has 140 valence electrons. The fourth-order valence-electron chi connectivity index (χ4n) is 2.20. The number of benzene rings is 2. The van der Waals surface area contributed by atoms with Crippen LogP contribution in [0, 0.1) is 0 Å². The molecule has 0 aliphatic carbocycles. The zero-order chi connectivity index (χ0) is 19.3. The first kappa shape index (κ1) is 20.5. The summed E-state index contributed by atoms with van der Waals surface area (Å²) in [6.07, 6.45) is 0. The molecular weight excluding hydrogens is 399 g/mol. The molecule has 0 fully saturated rings. The summed E-state index contributed by atoms with van der Waals surface area (Å²) in [7, 11) is -2.31. The second-order valence-electron chi connectivity index (χ2n) is 5.28. The van der Waals surface area contributed by atoms with Gasteiger partial charge in [0, 0.05) is 12.2 Å². The van der Waals surface area contributed by atoms with Crippen molar-refractivity contribution in [1.82, 2.24) is 4.31 Å². The van der Waals surface area contributed by atoms with Gasteiger partial charge in [-0.1, -0.05) is 30.1 Å². The van der Waals surface area contributed by atoms with E-state index in [0.717, 1.165) is 4.31 Å². The van der Waals surface area contributed by atoms with Crippen molar-refractivity contribution in [3.8, 4) is 5.75 Å². The largest absolute Gasteiger partial charge is 0.497 e. The number of hydrogen-bond donors (Lipinski definition) is 1. The van der Waals surface area contributed by atoms with E-state index in [0.29, 0.717) is 21.5 Å². The number of nitrogens with zero attached hydrogens (tertiary/aromatic N) is 1. The van der Waals surface area contributed by atoms with E-state index < -0.39 is 15.9 Å². The van der Waals surface area contributed by atoms with Gasteiger partial charge in [-0.15, -0.1) is 0 Å². The maximum atomic E-state index is 12.7. The fraction of sp³-hybridized carbons (Fsp3) is 0.235. The van der Waals surface area contributed by atoms with Crippen LogP contribution in [-0.2, 0) is 14.8 Å². The number of carbonyl (C=O) groups excluding carboxylic acids is 1. The summed E-state index contributed by atoms with van der Waals surface area (Å²) in [5, 5.41) is 3.27. The van der Waals surface area contributed by atoms with E-state index in [9.17, 15) is 13.2 Å². The third kappa shape index (κ3) is 4.88. The number of anilines is 1. The maximum absolute atomic E-state index is 12.7. The first-order valence-electron chi connectivity index (χ1n) is 7.67. The smallest absolute Gasteiger partial charge is 0.243 e. The summed E-state index contributed by atoms with van der Waals surface area (Å²) < 4.78 is 31.5. The van der Waals surface area contributed by atoms with E-state index in [4.69, 9.17) is 27.9 Å². The van der Waals surface area contributed by atoms with Crippen LogP contribution in [0.5, 0.6) is 5.75 Å². The number of halogens is 2. The maximum Gasteiger partial charge on any atom is 0.243 e. The molecule has 9 heteroatoms. The normalized spacial score (nSPS) is 11.4. The molecule has 1 N–H and O–H groups in total. The number of nitrogens with one attached hydrogen (secondary N) is 1. The quantitative estimate of drug-likeness (QED) is 0.746. The van der Waals surface area contributed by atoms with Gasteiger partial charge in [-0.05, 0) is 42.5 Å². The minimum atomic E-state index is -3.81. The molecule has 1 amide bonds. The van der Waals surface area contributed by atoms with Crippen molar-refractivity contribution in [2.75, 3.05) is 25.5 Å². The van der Waals surface area contributed by atoms with E-state index in [1.807, 2.05) is 0 Å². The van der Waals surface area contributed by atoms with Crippen LogP contribution in [-0.4, -0.2) is 38.8 Å². The molecule has 0 saturated heterocycles. The lowest BCUT2D eigenvalue weighted by atomic mass is 10.3. The summed E-state index contributed by atoms with van der Waals surface area (Å²) in [6, 6.07) is 10.6. The molecule has 2 rings (SSSR count). The number of methoxy groups -OCH3 is 1. The van der Waals surface area contributed by atoms with Crippen LogP contribution in [0.3, 0.4) is 0 Å². The first-order valence-corrected chi connectivity index (χ1v) is 9.86. The van der Waals surface area contributed by atoms with E-state index in [2.05, 4.69) is 5.32 Å². The molecule has 0 saturated carbocycles. The van der Waals surface area contributed by atoms with Crippen molar-refractivity contribution in [2.24, 2.45) is 0 Å². The summed E-state index contributed by atoms with van der Waals surface area (Å²) in [5.74, 6) is 0.0617. The first-order chi connectivity index (χ1) is 12.3. The van der Waals surface area contributed by atoms with Gasteiger partial charge in [-0.2, -0.15) is 4.31 Å². The van der Waals surface area contributed by atoms with Gasteiger partial charge in [0.05, 0.1) is 28.6 Å². The Hall–Kier alpha value is -1.80. The molecule has 0 bridgehead atoms. The lowest BCUT2D eigenvalue weighted by molar-refractivity contribution is -0.116. The summed E-state index contributed by atoms with van der Waals surface area (Å²) in [4.78, 5) is 12.3. The molecule has 0 aromatic heterocycles. The Morgan fingerprint density at radius 2 is 1.77 bits per heavy atom. The second kappa shape index (κ2) is 8.73. The van der Waals surface area contributed by atoms with Gasteiger partial charge in [0.15, 0.2) is 0 Å². The number of sulfonamides is 1. The second-order valence-corrected chi connectivity index (χ2v) is 8.04. The van der Waals surface area contributed by atoms with Gasteiger partial charge in [0.2, 0.25) is 15.9 Å². The van der Waals surface area contributed by atoms with Crippen LogP contribution in [0.2, 0.25) is 10.0 Å². The van der Waals surface area contributed by atoms with Crippen molar-refractivity contribution in [1.29, 1.82) is 0 Å². The number of ether oxygens (including phenoxy) is 1. The molecule has 0 radical (unpaired) electrons. The molecule has 0 atom stereocenters. The number of rotatable bonds is 7. The van der Waals surface area contributed by atoms with Crippen molar-refractivity contribution in [2.45, 2.75) is 11.8 Å². The van der Waals surface area contributed by atoms with Crippen LogP contribution < -0.4 is 10.1 Å². The number of likely N-dealkylation sites (N-methyl/N-ethyl adjacent to an activating group) is 1. The van der Waals surface area contributed by atoms with Gasteiger partial charge in [0.1, 0.15) is 5.75 Å². The average Bonchev–Trinajstić information content (AvgIpc) is 2.62. The molecule has 2 aromatic rings. The lowest BCUT2D eigenvalue weighted by Crippen LogP contribution is -2.37. The minimum Gasteiger partial charge on any atom is -0.497 e. The van der Waals surface area contributed by atoms with Crippen LogP contribution in [0.4, 0.5) is 5.69 Å². The van der Waals surface area contributed by atoms with Crippen LogP contribution in [0.15, 0.2) is 47.4 Å². The molecule has 0 unspecified atom stereocenters. The molecule has 26 heavy (non-hydrogen) atoms. The molecule has 6 nitrogen and oxygen atoms in total. The van der Waals surface area contributed by atoms with Crippen molar-refractivity contribution in [3.63, 3.8) is 0 Å². The zero-order valence-corrected chi connectivity index (χ0v) is 16.5. The molecule has 0 heterocycles. The fourth-order valence-corrected chi connectivity index (χ4v) is 3.90. The number of carbonyl (C=O) groups is 1. The minimum absolute atomic E-state index is 0.0856. The Morgan fingerprint density at radius 3 is 2.31 bits per heavy atom. The van der Waals surface area contributed by atoms with E-state index in [1.54, 1.807) is 31.2 Å². The summed E-state index contributed by atoms with van der Waals surface area (Å²) >= 11 is 11.7. The predicted molar refractivity (Wildman–Crippen MR) is 103 cm³/mol. The summed E-state index contributed by atoms with van der Waals surface area (Å²) in [5.41, 5.74) is 0.433. The van der Waals surface area contributed by atoms with Crippen LogP contribution >= 0.6 is 23.2 Å². The van der Waals surface area contributed by atoms with Crippen LogP contribution in [0.1, 0.15) is 6.92 Å². The average molecular weight is 417 g/mol. The van der Waals surface area contributed by atoms with Gasteiger partial charge in [-0.25, -0.2) is 8.42 Å². The highest BCUT2D eigenvalue weighted by molar-refractivity contribution is 7.89. The molecular formula is C17H18Cl2N2O4S. The van der Waals surface area contributed by atoms with Crippen molar-refractivity contribution < 1.29 is 17.9 Å². The predicted octanol–water partition coefficient (Wildman–Crippen LogP) is 3.65. The molecule has 0 aliphatic rings. The highest BCUT2D eigenvalue weighted by Crippen LogP contribution is 2.25. The van der Waals surface area contributed by atoms with E-state index >= 15 is 0 Å². The van der Waals surface area contributed by atoms with Gasteiger partial charge >= 0.3 is 0 Å². The Morgan fingerprint density at radius 1 is 1.12 bits per heavy atom. The Bertz CT molecular complexity index is 886. The number of hydrogen-bond acceptors (Lipinski definition) is 4. The van der Waals surface area contributed by atoms with Crippen molar-refractivity contribution >= 4 is 44.8 Å². The standard InChI is InChI=1S/C17H18Cl2N2O4S/c1-3-21(26(23,24)14-7-5-13(25-2)6-8-14)11-17(22)20-12-4-9-15(18)16(19)10-12/h4-10H,3,11H2,1-2H3,(H,20,22). The third-order valence-corrected chi connectivity index (χ3v) is 6.25. The SMILES string of the molecule is CCN(CC(=O)Nc1ccc(Cl)c(Cl)c1)S(=O)(=O)c1ccc(OC)cc1. The molecule has 0 aliphatic heterocycles. The highest BCUT2D eigenvalue weighted by Gasteiger charge is 2.25. The van der Waals surface area contributed by atoms with Gasteiger partial charge in [-0.3, -0.25) is 4.79 Å². The van der Waals surface area contributed by atoms with E-state index in [-0.39, 0.29) is 18.0 Å². The topological polar surface area (TPSA) is 75.7 Å². The van der Waals surface area contributed by atoms with Crippen LogP contribution in [0.25, 0.3) is 0 Å². The zero-order valence-electron chi connectivity index (χ0n) is 14.2. The monoisotopic (exact) mass is 416 g/mol. The Balaban J connectivity index is 2.13. The van der Waals surface area contributed by atoms with Crippen molar-refractivity contribution in [3.05, 3.63) is 52.5 Å². The lowest BCUT2D eigenvalue weighted by Gasteiger charge is -2.20. The highest BCUT2D eigenvalue weighted by atomic mass is 35.5. The Labute approximate surface area is 162 Å². The number of amides is 1. The molecule has 2 aromatic carbocycles. The molecule has 0 spiro atoms.